The van der Waals surface area contributed by atoms with E-state index in [2.05, 4.69) is 18.8 Å². The Balaban J connectivity index is 2.04. The molecule has 1 atom stereocenters. The van der Waals surface area contributed by atoms with E-state index in [0.717, 1.165) is 24.9 Å². The molecule has 1 aromatic rings. The minimum Gasteiger partial charge on any atom is -0.368 e. The highest BCUT2D eigenvalue weighted by Crippen LogP contribution is 2.17. The topological polar surface area (TPSA) is 42.4 Å². The molecule has 4 heteroatoms. The second kappa shape index (κ2) is 6.66. The zero-order valence-corrected chi connectivity index (χ0v) is 11.7. The lowest BCUT2D eigenvalue weighted by Gasteiger charge is -2.27. The third-order valence-corrected chi connectivity index (χ3v) is 3.20. The van der Waals surface area contributed by atoms with Gasteiger partial charge in [-0.25, -0.2) is 0 Å². The smallest absolute Gasteiger partial charge is 0.252 e. The van der Waals surface area contributed by atoms with Gasteiger partial charge in [-0.05, 0) is 30.4 Å². The molecule has 0 N–H and O–H groups in total. The molecule has 2 rings (SSSR count). The van der Waals surface area contributed by atoms with Crippen LogP contribution < -0.4 is 0 Å². The highest BCUT2D eigenvalue weighted by molar-refractivity contribution is 5.81. The number of pyridine rings is 1. The molecule has 1 aliphatic heterocycles. The van der Waals surface area contributed by atoms with Gasteiger partial charge < -0.3 is 9.64 Å². The molecule has 104 valence electrons. The van der Waals surface area contributed by atoms with Crippen LogP contribution >= 0.6 is 0 Å². The summed E-state index contributed by atoms with van der Waals surface area (Å²) in [6.45, 7) is 6.33. The highest BCUT2D eigenvalue weighted by Gasteiger charge is 2.28. The van der Waals surface area contributed by atoms with E-state index < -0.39 is 0 Å². The molecular formula is C15H22N2O2. The average Bonchev–Trinajstić information content (AvgIpc) is 2.91. The summed E-state index contributed by atoms with van der Waals surface area (Å²) in [5.74, 6) is 0.567. The molecular weight excluding hydrogens is 240 g/mol. The summed E-state index contributed by atoms with van der Waals surface area (Å²) in [6, 6.07) is 3.91. The standard InChI is InChI=1S/C15H22N2O2/c1-12(2)10-17(11-13-5-3-7-16-9-13)15(18)14-6-4-8-19-14/h3,5,7,9,12,14H,4,6,8,10-11H2,1-2H3/t14-/m1/s1. The number of carbonyl (C=O) groups excluding carboxylic acids is 1. The third kappa shape index (κ3) is 4.03. The molecule has 0 saturated carbocycles. The monoisotopic (exact) mass is 262 g/mol. The number of carbonyl (C=O) groups is 1. The van der Waals surface area contributed by atoms with Crippen LogP contribution in [0.5, 0.6) is 0 Å². The van der Waals surface area contributed by atoms with Crippen LogP contribution in [0.2, 0.25) is 0 Å². The van der Waals surface area contributed by atoms with Gasteiger partial charge in [0.05, 0.1) is 0 Å². The first-order chi connectivity index (χ1) is 9.16. The summed E-state index contributed by atoms with van der Waals surface area (Å²) >= 11 is 0. The molecule has 4 nitrogen and oxygen atoms in total. The summed E-state index contributed by atoms with van der Waals surface area (Å²) < 4.78 is 5.51. The van der Waals surface area contributed by atoms with Crippen molar-refractivity contribution in [1.82, 2.24) is 9.88 Å². The SMILES string of the molecule is CC(C)CN(Cc1cccnc1)C(=O)[C@H]1CCCO1. The predicted molar refractivity (Wildman–Crippen MR) is 73.5 cm³/mol. The van der Waals surface area contributed by atoms with Crippen molar-refractivity contribution < 1.29 is 9.53 Å². The Kier molecular flexibility index (Phi) is 4.91. The fourth-order valence-electron chi connectivity index (χ4n) is 2.36. The second-order valence-electron chi connectivity index (χ2n) is 5.48. The molecule has 0 aliphatic carbocycles. The van der Waals surface area contributed by atoms with E-state index >= 15 is 0 Å². The van der Waals surface area contributed by atoms with Gasteiger partial charge in [-0.1, -0.05) is 19.9 Å². The number of rotatable bonds is 5. The minimum absolute atomic E-state index is 0.120. The van der Waals surface area contributed by atoms with E-state index in [0.29, 0.717) is 19.1 Å². The number of hydrogen-bond donors (Lipinski definition) is 0. The van der Waals surface area contributed by atoms with Gasteiger partial charge in [0.15, 0.2) is 0 Å². The van der Waals surface area contributed by atoms with Crippen LogP contribution in [0.3, 0.4) is 0 Å². The second-order valence-corrected chi connectivity index (χ2v) is 5.48. The Morgan fingerprint density at radius 3 is 3.00 bits per heavy atom. The fourth-order valence-corrected chi connectivity index (χ4v) is 2.36. The van der Waals surface area contributed by atoms with Crippen molar-refractivity contribution in [3.63, 3.8) is 0 Å². The summed E-state index contributed by atoms with van der Waals surface area (Å²) in [5.41, 5.74) is 1.06. The molecule has 0 radical (unpaired) electrons. The van der Waals surface area contributed by atoms with Crippen molar-refractivity contribution in [2.75, 3.05) is 13.2 Å². The molecule has 0 bridgehead atoms. The van der Waals surface area contributed by atoms with E-state index in [1.807, 2.05) is 23.2 Å². The number of ether oxygens (including phenoxy) is 1. The summed E-state index contributed by atoms with van der Waals surface area (Å²) in [7, 11) is 0. The van der Waals surface area contributed by atoms with E-state index in [-0.39, 0.29) is 12.0 Å². The number of aromatic nitrogens is 1. The zero-order chi connectivity index (χ0) is 13.7. The molecule has 0 aromatic carbocycles. The van der Waals surface area contributed by atoms with Crippen LogP contribution in [0.1, 0.15) is 32.3 Å². The van der Waals surface area contributed by atoms with Crippen molar-refractivity contribution in [3.8, 4) is 0 Å². The lowest BCUT2D eigenvalue weighted by molar-refractivity contribution is -0.142. The van der Waals surface area contributed by atoms with Crippen molar-refractivity contribution in [2.45, 2.75) is 39.3 Å². The van der Waals surface area contributed by atoms with E-state index in [9.17, 15) is 4.79 Å². The van der Waals surface area contributed by atoms with Crippen LogP contribution in [0.15, 0.2) is 24.5 Å². The molecule has 1 fully saturated rings. The Hall–Kier alpha value is -1.42. The van der Waals surface area contributed by atoms with Crippen LogP contribution in [0, 0.1) is 5.92 Å². The molecule has 0 unspecified atom stereocenters. The largest absolute Gasteiger partial charge is 0.368 e. The van der Waals surface area contributed by atoms with E-state index in [4.69, 9.17) is 4.74 Å². The van der Waals surface area contributed by atoms with Gasteiger partial charge in [0.1, 0.15) is 6.10 Å². The Morgan fingerprint density at radius 2 is 2.42 bits per heavy atom. The van der Waals surface area contributed by atoms with Crippen molar-refractivity contribution in [2.24, 2.45) is 5.92 Å². The maximum atomic E-state index is 12.5. The van der Waals surface area contributed by atoms with Gasteiger partial charge in [-0.15, -0.1) is 0 Å². The maximum absolute atomic E-state index is 12.5. The third-order valence-electron chi connectivity index (χ3n) is 3.20. The molecule has 1 aliphatic rings. The van der Waals surface area contributed by atoms with Gasteiger partial charge in [0, 0.05) is 32.1 Å². The summed E-state index contributed by atoms with van der Waals surface area (Å²) in [6.07, 6.45) is 5.16. The minimum atomic E-state index is -0.240. The fraction of sp³-hybridized carbons (Fsp3) is 0.600. The van der Waals surface area contributed by atoms with E-state index in [1.165, 1.54) is 0 Å². The van der Waals surface area contributed by atoms with Crippen LogP contribution in [0.4, 0.5) is 0 Å². The Bertz CT molecular complexity index is 400. The van der Waals surface area contributed by atoms with E-state index in [1.54, 1.807) is 6.20 Å². The molecule has 1 aromatic heterocycles. The first-order valence-corrected chi connectivity index (χ1v) is 6.96. The maximum Gasteiger partial charge on any atom is 0.252 e. The summed E-state index contributed by atoms with van der Waals surface area (Å²) in [4.78, 5) is 18.5. The first kappa shape index (κ1) is 14.0. The van der Waals surface area contributed by atoms with Crippen molar-refractivity contribution >= 4 is 5.91 Å². The first-order valence-electron chi connectivity index (χ1n) is 6.96. The lowest BCUT2D eigenvalue weighted by Crippen LogP contribution is -2.40. The van der Waals surface area contributed by atoms with Gasteiger partial charge in [-0.3, -0.25) is 9.78 Å². The number of amides is 1. The van der Waals surface area contributed by atoms with Gasteiger partial charge in [-0.2, -0.15) is 0 Å². The van der Waals surface area contributed by atoms with Crippen LogP contribution in [-0.4, -0.2) is 35.0 Å². The normalized spacial score (nSPS) is 18.8. The summed E-state index contributed by atoms with van der Waals surface area (Å²) in [5, 5.41) is 0. The number of hydrogen-bond acceptors (Lipinski definition) is 3. The van der Waals surface area contributed by atoms with Crippen LogP contribution in [-0.2, 0) is 16.1 Å². The molecule has 1 amide bonds. The Labute approximate surface area is 114 Å². The van der Waals surface area contributed by atoms with Gasteiger partial charge in [0.2, 0.25) is 0 Å². The molecule has 19 heavy (non-hydrogen) atoms. The predicted octanol–water partition coefficient (Wildman–Crippen LogP) is 2.25. The van der Waals surface area contributed by atoms with Crippen molar-refractivity contribution in [3.05, 3.63) is 30.1 Å². The zero-order valence-electron chi connectivity index (χ0n) is 11.7. The molecule has 1 saturated heterocycles. The van der Waals surface area contributed by atoms with Crippen molar-refractivity contribution in [1.29, 1.82) is 0 Å². The molecule has 2 heterocycles. The van der Waals surface area contributed by atoms with Gasteiger partial charge in [0.25, 0.3) is 5.91 Å². The highest BCUT2D eigenvalue weighted by atomic mass is 16.5. The number of nitrogens with zero attached hydrogens (tertiary/aromatic N) is 2. The molecule has 0 spiro atoms. The van der Waals surface area contributed by atoms with Gasteiger partial charge >= 0.3 is 0 Å². The average molecular weight is 262 g/mol. The quantitative estimate of drug-likeness (QED) is 0.817. The lowest BCUT2D eigenvalue weighted by atomic mass is 10.1. The Morgan fingerprint density at radius 1 is 1.58 bits per heavy atom. The van der Waals surface area contributed by atoms with Crippen LogP contribution in [0.25, 0.3) is 0 Å².